The van der Waals surface area contributed by atoms with Gasteiger partial charge in [0.25, 0.3) is 0 Å². The predicted molar refractivity (Wildman–Crippen MR) is 124 cm³/mol. The number of hydrogen-bond acceptors (Lipinski definition) is 3. The van der Waals surface area contributed by atoms with Crippen LogP contribution in [0.15, 0.2) is 82.4 Å². The molecular weight excluding hydrogens is 426 g/mol. The van der Waals surface area contributed by atoms with E-state index in [0.29, 0.717) is 19.1 Å². The normalized spacial score (nSPS) is 19.9. The van der Waals surface area contributed by atoms with Crippen LogP contribution in [-0.2, 0) is 11.3 Å². The van der Waals surface area contributed by atoms with Gasteiger partial charge in [0, 0.05) is 4.48 Å². The number of halogens is 1. The number of ether oxygens (including phenoxy) is 2. The quantitative estimate of drug-likeness (QED) is 0.308. The molecule has 0 spiro atoms. The Balaban J connectivity index is 1.55. The van der Waals surface area contributed by atoms with Crippen molar-refractivity contribution in [1.29, 1.82) is 0 Å². The molecule has 4 heteroatoms. The van der Waals surface area contributed by atoms with Crippen LogP contribution in [0.2, 0.25) is 0 Å². The Labute approximate surface area is 182 Å². The Morgan fingerprint density at radius 3 is 2.41 bits per heavy atom. The van der Waals surface area contributed by atoms with Crippen molar-refractivity contribution in [2.45, 2.75) is 44.3 Å². The molecular formula is C25H28BrNO2. The summed E-state index contributed by atoms with van der Waals surface area (Å²) in [5.41, 5.74) is 3.29. The minimum atomic E-state index is 0.255. The molecule has 0 radical (unpaired) electrons. The number of benzene rings is 2. The van der Waals surface area contributed by atoms with E-state index in [2.05, 4.69) is 64.6 Å². The lowest BCUT2D eigenvalue weighted by atomic mass is 9.82. The molecule has 0 aliphatic heterocycles. The van der Waals surface area contributed by atoms with Gasteiger partial charge in [0.15, 0.2) is 0 Å². The van der Waals surface area contributed by atoms with Gasteiger partial charge in [-0.15, -0.1) is 0 Å². The largest absolute Gasteiger partial charge is 0.489 e. The fourth-order valence-corrected chi connectivity index (χ4v) is 3.97. The zero-order valence-electron chi connectivity index (χ0n) is 16.7. The van der Waals surface area contributed by atoms with Crippen LogP contribution < -0.4 is 4.74 Å². The van der Waals surface area contributed by atoms with E-state index in [9.17, 15) is 0 Å². The third kappa shape index (κ3) is 6.15. The standard InChI is InChI=1S/C25H28BrNO2/c1-3-23(26)24(27-2)18-28-21-15-13-20(14-16-21)22-11-7-8-12-25(22)29-17-19-9-5-4-6-10-19/h3-12,20-21H,1-2,13-18H2/b24-23+. The van der Waals surface area contributed by atoms with Gasteiger partial charge < -0.3 is 9.47 Å². The van der Waals surface area contributed by atoms with Gasteiger partial charge in [0.1, 0.15) is 12.4 Å². The first-order valence-corrected chi connectivity index (χ1v) is 10.9. The van der Waals surface area contributed by atoms with Crippen LogP contribution in [-0.4, -0.2) is 19.4 Å². The number of para-hydroxylation sites is 1. The van der Waals surface area contributed by atoms with Gasteiger partial charge in [-0.25, -0.2) is 0 Å². The Morgan fingerprint density at radius 2 is 1.72 bits per heavy atom. The molecule has 0 amide bonds. The topological polar surface area (TPSA) is 30.8 Å². The first-order chi connectivity index (χ1) is 14.2. The molecule has 1 fully saturated rings. The van der Waals surface area contributed by atoms with Crippen molar-refractivity contribution in [3.63, 3.8) is 0 Å². The molecule has 0 bridgehead atoms. The van der Waals surface area contributed by atoms with Gasteiger partial charge in [-0.2, -0.15) is 0 Å². The fourth-order valence-electron chi connectivity index (χ4n) is 3.73. The smallest absolute Gasteiger partial charge is 0.123 e. The minimum absolute atomic E-state index is 0.255. The van der Waals surface area contributed by atoms with E-state index in [1.165, 1.54) is 11.1 Å². The lowest BCUT2D eigenvalue weighted by molar-refractivity contribution is 0.0379. The molecule has 1 saturated carbocycles. The van der Waals surface area contributed by atoms with Crippen molar-refractivity contribution in [1.82, 2.24) is 0 Å². The molecule has 3 rings (SSSR count). The maximum atomic E-state index is 6.16. The second-order valence-corrected chi connectivity index (χ2v) is 8.11. The maximum absolute atomic E-state index is 6.16. The highest BCUT2D eigenvalue weighted by Crippen LogP contribution is 2.38. The molecule has 3 nitrogen and oxygen atoms in total. The third-order valence-corrected chi connectivity index (χ3v) is 6.15. The van der Waals surface area contributed by atoms with Crippen molar-refractivity contribution < 1.29 is 9.47 Å². The van der Waals surface area contributed by atoms with Crippen LogP contribution in [0.25, 0.3) is 0 Å². The Kier molecular flexibility index (Phi) is 8.26. The second kappa shape index (κ2) is 11.1. The highest BCUT2D eigenvalue weighted by molar-refractivity contribution is 9.11. The van der Waals surface area contributed by atoms with Gasteiger partial charge >= 0.3 is 0 Å². The maximum Gasteiger partial charge on any atom is 0.123 e. The molecule has 0 atom stereocenters. The van der Waals surface area contributed by atoms with Gasteiger partial charge in [-0.3, -0.25) is 4.99 Å². The zero-order valence-corrected chi connectivity index (χ0v) is 18.3. The molecule has 2 aromatic carbocycles. The summed E-state index contributed by atoms with van der Waals surface area (Å²) in [4.78, 5) is 4.03. The molecule has 0 unspecified atom stereocenters. The van der Waals surface area contributed by atoms with Crippen molar-refractivity contribution in [2.24, 2.45) is 4.99 Å². The Morgan fingerprint density at radius 1 is 1.03 bits per heavy atom. The molecule has 152 valence electrons. The average molecular weight is 454 g/mol. The first-order valence-electron chi connectivity index (χ1n) is 10.1. The van der Waals surface area contributed by atoms with Crippen LogP contribution in [0.4, 0.5) is 0 Å². The fraction of sp³-hybridized carbons (Fsp3) is 0.320. The van der Waals surface area contributed by atoms with E-state index in [1.807, 2.05) is 24.3 Å². The first kappa shape index (κ1) is 21.5. The van der Waals surface area contributed by atoms with E-state index in [1.54, 1.807) is 6.08 Å². The number of rotatable bonds is 9. The van der Waals surface area contributed by atoms with Crippen molar-refractivity contribution >= 4 is 22.6 Å². The highest BCUT2D eigenvalue weighted by atomic mass is 79.9. The lowest BCUT2D eigenvalue weighted by Crippen LogP contribution is -2.22. The summed E-state index contributed by atoms with van der Waals surface area (Å²) in [6, 6.07) is 18.7. The van der Waals surface area contributed by atoms with Gasteiger partial charge in [0.05, 0.1) is 18.4 Å². The van der Waals surface area contributed by atoms with Crippen LogP contribution in [0.3, 0.4) is 0 Å². The second-order valence-electron chi connectivity index (χ2n) is 7.25. The van der Waals surface area contributed by atoms with E-state index in [-0.39, 0.29) is 6.10 Å². The van der Waals surface area contributed by atoms with Crippen molar-refractivity contribution in [3.8, 4) is 5.75 Å². The molecule has 1 aliphatic rings. The summed E-state index contributed by atoms with van der Waals surface area (Å²) < 4.78 is 13.1. The molecule has 0 aromatic heterocycles. The summed E-state index contributed by atoms with van der Waals surface area (Å²) in [5, 5.41) is 0. The average Bonchev–Trinajstić information content (AvgIpc) is 2.79. The summed E-state index contributed by atoms with van der Waals surface area (Å²) in [7, 11) is 0. The number of allylic oxidation sites excluding steroid dienone is 2. The molecule has 1 aliphatic carbocycles. The van der Waals surface area contributed by atoms with Crippen LogP contribution in [0.1, 0.15) is 42.7 Å². The van der Waals surface area contributed by atoms with Crippen molar-refractivity contribution in [2.75, 3.05) is 6.61 Å². The molecule has 0 N–H and O–H groups in total. The van der Waals surface area contributed by atoms with Crippen molar-refractivity contribution in [3.05, 3.63) is 88.6 Å². The summed E-state index contributed by atoms with van der Waals surface area (Å²) in [6.45, 7) is 8.42. The number of aliphatic imine (C=N–C) groups is 1. The molecule has 0 saturated heterocycles. The highest BCUT2D eigenvalue weighted by Gasteiger charge is 2.25. The van der Waals surface area contributed by atoms with Crippen LogP contribution in [0, 0.1) is 0 Å². The minimum Gasteiger partial charge on any atom is -0.489 e. The number of hydrogen-bond donors (Lipinski definition) is 0. The SMILES string of the molecule is C=C/C(Br)=C(/COC1CCC(c2ccccc2OCc2ccccc2)CC1)N=C. The van der Waals surface area contributed by atoms with Crippen LogP contribution in [0.5, 0.6) is 5.75 Å². The molecule has 29 heavy (non-hydrogen) atoms. The number of nitrogens with zero attached hydrogens (tertiary/aromatic N) is 1. The van der Waals surface area contributed by atoms with Gasteiger partial charge in [-0.05, 0) is 71.4 Å². The van der Waals surface area contributed by atoms with Gasteiger partial charge in [-0.1, -0.05) is 61.2 Å². The summed E-state index contributed by atoms with van der Waals surface area (Å²) in [5.74, 6) is 1.51. The third-order valence-electron chi connectivity index (χ3n) is 5.37. The van der Waals surface area contributed by atoms with E-state index >= 15 is 0 Å². The summed E-state index contributed by atoms with van der Waals surface area (Å²) in [6.07, 6.45) is 6.24. The Hall–Kier alpha value is -2.17. The summed E-state index contributed by atoms with van der Waals surface area (Å²) >= 11 is 3.44. The van der Waals surface area contributed by atoms with E-state index in [0.717, 1.165) is 41.6 Å². The lowest BCUT2D eigenvalue weighted by Gasteiger charge is -2.30. The van der Waals surface area contributed by atoms with Crippen LogP contribution >= 0.6 is 15.9 Å². The van der Waals surface area contributed by atoms with E-state index in [4.69, 9.17) is 9.47 Å². The molecule has 2 aromatic rings. The monoisotopic (exact) mass is 453 g/mol. The van der Waals surface area contributed by atoms with E-state index < -0.39 is 0 Å². The Bertz CT molecular complexity index is 839. The molecule has 0 heterocycles. The van der Waals surface area contributed by atoms with Gasteiger partial charge in [0.2, 0.25) is 0 Å². The zero-order chi connectivity index (χ0) is 20.5. The predicted octanol–water partition coefficient (Wildman–Crippen LogP) is 6.80.